The molecule has 0 radical (unpaired) electrons. The highest BCUT2D eigenvalue weighted by Crippen LogP contribution is 2.27. The molecule has 1 atom stereocenters. The maximum Gasteiger partial charge on any atom is 0.419 e. The molecule has 11 heteroatoms. The molecule has 9 nitrogen and oxygen atoms in total. The van der Waals surface area contributed by atoms with Crippen LogP contribution < -0.4 is 15.8 Å². The van der Waals surface area contributed by atoms with E-state index in [2.05, 4.69) is 15.0 Å². The Balaban J connectivity index is 1.45. The van der Waals surface area contributed by atoms with Crippen molar-refractivity contribution >= 4 is 53.7 Å². The number of thiazole rings is 1. The van der Waals surface area contributed by atoms with Crippen molar-refractivity contribution in [1.29, 1.82) is 0 Å². The van der Waals surface area contributed by atoms with Crippen LogP contribution in [0, 0.1) is 6.92 Å². The van der Waals surface area contributed by atoms with Gasteiger partial charge in [-0.1, -0.05) is 47.7 Å². The number of oxazole rings is 1. The molecule has 2 N–H and O–H groups in total. The topological polar surface area (TPSA) is 123 Å². The second-order valence-electron chi connectivity index (χ2n) is 8.40. The molecule has 0 saturated carbocycles. The van der Waals surface area contributed by atoms with Crippen molar-refractivity contribution < 1.29 is 17.6 Å². The fraction of sp³-hybridized carbons (Fsp3) is 0.160. The van der Waals surface area contributed by atoms with E-state index < -0.39 is 27.7 Å². The van der Waals surface area contributed by atoms with Crippen LogP contribution in [0.5, 0.6) is 0 Å². The van der Waals surface area contributed by atoms with E-state index in [-0.39, 0.29) is 16.9 Å². The molecular formula is C25H22N4O5S2. The summed E-state index contributed by atoms with van der Waals surface area (Å²) in [6, 6.07) is 17.9. The third-order valence-electron chi connectivity index (χ3n) is 5.74. The van der Waals surface area contributed by atoms with Crippen molar-refractivity contribution in [2.45, 2.75) is 24.3 Å². The summed E-state index contributed by atoms with van der Waals surface area (Å²) < 4.78 is 36.4. The Bertz CT molecular complexity index is 1750. The number of nitrogens with zero attached hydrogens (tertiary/aromatic N) is 2. The molecule has 2 heterocycles. The Morgan fingerprint density at radius 3 is 2.67 bits per heavy atom. The number of hydrogen-bond donors (Lipinski definition) is 2. The molecule has 0 unspecified atom stereocenters. The first-order valence-corrected chi connectivity index (χ1v) is 13.3. The first kappa shape index (κ1) is 23.9. The lowest BCUT2D eigenvalue weighted by molar-refractivity contribution is -0.117. The van der Waals surface area contributed by atoms with Gasteiger partial charge in [-0.3, -0.25) is 9.36 Å². The SMILES string of the molecule is Cc1ccc2nc(NC(=O)[C@H](Cc3ccccc3)NS(=O)(=O)c3ccc4c(c3)oc(=O)n4C)sc2c1. The van der Waals surface area contributed by atoms with Crippen LogP contribution in [0.15, 0.2) is 80.8 Å². The normalized spacial score (nSPS) is 12.7. The molecule has 3 aromatic carbocycles. The number of fused-ring (bicyclic) bond motifs is 2. The van der Waals surface area contributed by atoms with Crippen LogP contribution in [0.3, 0.4) is 0 Å². The lowest BCUT2D eigenvalue weighted by Crippen LogP contribution is -2.45. The summed E-state index contributed by atoms with van der Waals surface area (Å²) in [4.78, 5) is 29.4. The molecular weight excluding hydrogens is 500 g/mol. The summed E-state index contributed by atoms with van der Waals surface area (Å²) in [6.07, 6.45) is 0.124. The van der Waals surface area contributed by atoms with Crippen molar-refractivity contribution in [3.05, 3.63) is 88.4 Å². The zero-order valence-electron chi connectivity index (χ0n) is 19.4. The van der Waals surface area contributed by atoms with Crippen LogP contribution >= 0.6 is 11.3 Å². The van der Waals surface area contributed by atoms with Crippen molar-refractivity contribution in [3.8, 4) is 0 Å². The Morgan fingerprint density at radius 1 is 1.11 bits per heavy atom. The lowest BCUT2D eigenvalue weighted by atomic mass is 10.1. The van der Waals surface area contributed by atoms with Crippen molar-refractivity contribution in [3.63, 3.8) is 0 Å². The minimum Gasteiger partial charge on any atom is -0.408 e. The van der Waals surface area contributed by atoms with Gasteiger partial charge in [0, 0.05) is 13.1 Å². The molecule has 5 aromatic rings. The second-order valence-corrected chi connectivity index (χ2v) is 11.1. The second kappa shape index (κ2) is 9.34. The van der Waals surface area contributed by atoms with E-state index in [9.17, 15) is 18.0 Å². The van der Waals surface area contributed by atoms with E-state index in [4.69, 9.17) is 4.42 Å². The Hall–Kier alpha value is -3.80. The molecule has 0 aliphatic carbocycles. The summed E-state index contributed by atoms with van der Waals surface area (Å²) in [5.74, 6) is -1.13. The van der Waals surface area contributed by atoms with E-state index in [0.29, 0.717) is 10.6 Å². The highest BCUT2D eigenvalue weighted by atomic mass is 32.2. The third kappa shape index (κ3) is 4.81. The van der Waals surface area contributed by atoms with E-state index >= 15 is 0 Å². The molecule has 36 heavy (non-hydrogen) atoms. The average molecular weight is 523 g/mol. The number of aryl methyl sites for hydroxylation is 2. The predicted octanol–water partition coefficient (Wildman–Crippen LogP) is 3.58. The van der Waals surface area contributed by atoms with Gasteiger partial charge < -0.3 is 9.73 Å². The molecule has 0 saturated heterocycles. The number of sulfonamides is 1. The van der Waals surface area contributed by atoms with Crippen molar-refractivity contribution in [2.24, 2.45) is 7.05 Å². The van der Waals surface area contributed by atoms with Gasteiger partial charge in [-0.15, -0.1) is 0 Å². The van der Waals surface area contributed by atoms with Crippen LogP contribution in [0.2, 0.25) is 0 Å². The van der Waals surface area contributed by atoms with Gasteiger partial charge in [0.05, 0.1) is 20.6 Å². The highest BCUT2D eigenvalue weighted by molar-refractivity contribution is 7.89. The standard InChI is InChI=1S/C25H22N4O5S2/c1-15-8-10-18-22(12-15)35-24(26-18)27-23(30)19(13-16-6-4-3-5-7-16)28-36(32,33)17-9-11-20-21(14-17)34-25(31)29(20)2/h3-12,14,19,28H,13H2,1-2H3,(H,26,27,30)/t19-/m0/s1. The predicted molar refractivity (Wildman–Crippen MR) is 139 cm³/mol. The van der Waals surface area contributed by atoms with Gasteiger partial charge in [0.1, 0.15) is 6.04 Å². The van der Waals surface area contributed by atoms with Gasteiger partial charge in [-0.25, -0.2) is 18.2 Å². The minimum atomic E-state index is -4.14. The van der Waals surface area contributed by atoms with E-state index in [1.165, 1.54) is 41.2 Å². The number of hydrogen-bond acceptors (Lipinski definition) is 7. The molecule has 1 amide bonds. The van der Waals surface area contributed by atoms with Crippen LogP contribution in [0.25, 0.3) is 21.3 Å². The summed E-state index contributed by atoms with van der Waals surface area (Å²) in [5.41, 5.74) is 3.20. The zero-order valence-corrected chi connectivity index (χ0v) is 21.0. The molecule has 0 spiro atoms. The third-order valence-corrected chi connectivity index (χ3v) is 8.15. The number of benzene rings is 3. The van der Waals surface area contributed by atoms with Crippen LogP contribution in [0.4, 0.5) is 5.13 Å². The first-order valence-electron chi connectivity index (χ1n) is 11.0. The van der Waals surface area contributed by atoms with Gasteiger partial charge in [0.15, 0.2) is 10.7 Å². The van der Waals surface area contributed by atoms with Crippen LogP contribution in [-0.2, 0) is 28.3 Å². The highest BCUT2D eigenvalue weighted by Gasteiger charge is 2.27. The molecule has 5 rings (SSSR count). The number of nitrogens with one attached hydrogen (secondary N) is 2. The number of aromatic nitrogens is 2. The Morgan fingerprint density at radius 2 is 1.89 bits per heavy atom. The molecule has 0 bridgehead atoms. The summed E-state index contributed by atoms with van der Waals surface area (Å²) in [5, 5.41) is 3.14. The van der Waals surface area contributed by atoms with Gasteiger partial charge in [-0.2, -0.15) is 4.72 Å². The molecule has 0 fully saturated rings. The number of carbonyl (C=O) groups is 1. The fourth-order valence-electron chi connectivity index (χ4n) is 3.85. The maximum absolute atomic E-state index is 13.3. The summed E-state index contributed by atoms with van der Waals surface area (Å²) in [7, 11) is -2.61. The van der Waals surface area contributed by atoms with Crippen LogP contribution in [-0.4, -0.2) is 29.9 Å². The number of carbonyl (C=O) groups excluding carboxylic acids is 1. The molecule has 2 aromatic heterocycles. The molecule has 0 aliphatic heterocycles. The van der Waals surface area contributed by atoms with E-state index in [1.54, 1.807) is 0 Å². The number of rotatable bonds is 7. The summed E-state index contributed by atoms with van der Waals surface area (Å²) in [6.45, 7) is 1.97. The Labute approximate surface area is 210 Å². The smallest absolute Gasteiger partial charge is 0.408 e. The number of amides is 1. The van der Waals surface area contributed by atoms with Crippen molar-refractivity contribution in [1.82, 2.24) is 14.3 Å². The maximum atomic E-state index is 13.3. The quantitative estimate of drug-likeness (QED) is 0.337. The van der Waals surface area contributed by atoms with E-state index in [0.717, 1.165) is 21.3 Å². The Kier molecular flexibility index (Phi) is 6.20. The van der Waals surface area contributed by atoms with Crippen LogP contribution in [0.1, 0.15) is 11.1 Å². The van der Waals surface area contributed by atoms with Gasteiger partial charge >= 0.3 is 5.76 Å². The number of anilines is 1. The lowest BCUT2D eigenvalue weighted by Gasteiger charge is -2.18. The zero-order chi connectivity index (χ0) is 25.4. The van der Waals surface area contributed by atoms with Gasteiger partial charge in [0.25, 0.3) is 0 Å². The monoisotopic (exact) mass is 522 g/mol. The average Bonchev–Trinajstić information content (AvgIpc) is 3.37. The summed E-state index contributed by atoms with van der Waals surface area (Å²) >= 11 is 1.32. The fourth-order valence-corrected chi connectivity index (χ4v) is 6.03. The van der Waals surface area contributed by atoms with Crippen molar-refractivity contribution in [2.75, 3.05) is 5.32 Å². The van der Waals surface area contributed by atoms with E-state index in [1.807, 2.05) is 55.5 Å². The first-order chi connectivity index (χ1) is 17.2. The minimum absolute atomic E-state index is 0.120. The largest absolute Gasteiger partial charge is 0.419 e. The molecule has 184 valence electrons. The van der Waals surface area contributed by atoms with Gasteiger partial charge in [-0.05, 0) is 48.7 Å². The molecule has 0 aliphatic rings. The van der Waals surface area contributed by atoms with Gasteiger partial charge in [0.2, 0.25) is 15.9 Å².